The highest BCUT2D eigenvalue weighted by Gasteiger charge is 2.44. The lowest BCUT2D eigenvalue weighted by Crippen LogP contribution is -2.54. The third kappa shape index (κ3) is 5.88. The van der Waals surface area contributed by atoms with E-state index in [1.165, 1.54) is 16.7 Å². The number of allylic oxidation sites excluding steroid dienone is 1. The van der Waals surface area contributed by atoms with Crippen LogP contribution in [0, 0.1) is 5.41 Å². The number of fused-ring (bicyclic) bond motifs is 1. The first kappa shape index (κ1) is 29.3. The van der Waals surface area contributed by atoms with E-state index in [1.807, 2.05) is 12.1 Å². The van der Waals surface area contributed by atoms with Gasteiger partial charge in [0.05, 0.1) is 17.7 Å². The van der Waals surface area contributed by atoms with Crippen LogP contribution in [0.5, 0.6) is 0 Å². The average molecular weight is 603 g/mol. The molecule has 3 aliphatic heterocycles. The van der Waals surface area contributed by atoms with E-state index >= 15 is 0 Å². The van der Waals surface area contributed by atoms with Crippen molar-refractivity contribution in [1.29, 1.82) is 0 Å². The van der Waals surface area contributed by atoms with Crippen molar-refractivity contribution >= 4 is 46.7 Å². The molecular weight excluding hydrogens is 568 g/mol. The first-order chi connectivity index (χ1) is 20.5. The number of nitrogens with one attached hydrogen (secondary N) is 1. The molecule has 10 heteroatoms. The number of rotatable bonds is 6. The van der Waals surface area contributed by atoms with Crippen molar-refractivity contribution in [2.45, 2.75) is 58.5 Å². The molecule has 224 valence electrons. The van der Waals surface area contributed by atoms with Gasteiger partial charge in [0.2, 0.25) is 17.7 Å². The molecule has 1 unspecified atom stereocenters. The van der Waals surface area contributed by atoms with Gasteiger partial charge in [-0.15, -0.1) is 0 Å². The predicted molar refractivity (Wildman–Crippen MR) is 161 cm³/mol. The molecule has 0 aromatic heterocycles. The van der Waals surface area contributed by atoms with Crippen molar-refractivity contribution < 1.29 is 24.0 Å². The van der Waals surface area contributed by atoms with Crippen LogP contribution in [-0.4, -0.2) is 76.5 Å². The number of nitrogens with zero attached hydrogens (tertiary/aromatic N) is 3. The SMILES string of the molecule is CC1(C)CCC(CN2CCN(Cc3ccc4c(c3)C(=O)N(C3CCC(=O)NC3=O)C4=O)C(=O)C2)=C(c2ccc(Cl)cc2)C1. The number of imide groups is 2. The van der Waals surface area contributed by atoms with E-state index in [1.54, 1.807) is 23.1 Å². The number of carbonyl (C=O) groups is 5. The fourth-order valence-electron chi connectivity index (χ4n) is 6.63. The summed E-state index contributed by atoms with van der Waals surface area (Å²) in [5.74, 6) is -2.12. The molecule has 4 aliphatic rings. The van der Waals surface area contributed by atoms with Gasteiger partial charge in [-0.25, -0.2) is 0 Å². The Morgan fingerprint density at radius 2 is 1.65 bits per heavy atom. The van der Waals surface area contributed by atoms with Crippen molar-refractivity contribution in [3.05, 3.63) is 75.3 Å². The summed E-state index contributed by atoms with van der Waals surface area (Å²) in [7, 11) is 0. The van der Waals surface area contributed by atoms with E-state index in [2.05, 4.69) is 36.2 Å². The molecule has 0 spiro atoms. The van der Waals surface area contributed by atoms with Crippen LogP contribution in [0.4, 0.5) is 0 Å². The summed E-state index contributed by atoms with van der Waals surface area (Å²) in [6, 6.07) is 12.0. The molecule has 2 aromatic carbocycles. The van der Waals surface area contributed by atoms with Gasteiger partial charge in [0, 0.05) is 37.6 Å². The van der Waals surface area contributed by atoms with Crippen LogP contribution in [0.15, 0.2) is 48.0 Å². The van der Waals surface area contributed by atoms with Crippen molar-refractivity contribution in [3.63, 3.8) is 0 Å². The number of hydrogen-bond acceptors (Lipinski definition) is 6. The number of halogens is 1. The fraction of sp³-hybridized carbons (Fsp3) is 0.424. The summed E-state index contributed by atoms with van der Waals surface area (Å²) in [6.45, 7) is 7.28. The van der Waals surface area contributed by atoms with Crippen molar-refractivity contribution in [1.82, 2.24) is 20.0 Å². The second-order valence-electron chi connectivity index (χ2n) is 12.8. The molecule has 0 radical (unpaired) electrons. The summed E-state index contributed by atoms with van der Waals surface area (Å²) in [4.78, 5) is 68.3. The van der Waals surface area contributed by atoms with Gasteiger partial charge < -0.3 is 4.90 Å². The Hall–Kier alpha value is -3.82. The van der Waals surface area contributed by atoms with Gasteiger partial charge in [-0.05, 0) is 72.1 Å². The molecule has 0 saturated carbocycles. The number of carbonyl (C=O) groups excluding carboxylic acids is 5. The van der Waals surface area contributed by atoms with Gasteiger partial charge in [0.1, 0.15) is 6.04 Å². The van der Waals surface area contributed by atoms with Crippen molar-refractivity contribution in [3.8, 4) is 0 Å². The Bertz CT molecular complexity index is 1560. The van der Waals surface area contributed by atoms with Gasteiger partial charge >= 0.3 is 0 Å². The number of benzene rings is 2. The standard InChI is InChI=1S/C33H35ClN4O5/c1-33(2)12-11-22(26(16-33)21-4-6-23(34)7-5-21)18-36-13-14-37(29(40)19-36)17-20-3-8-24-25(15-20)32(43)38(31(24)42)27-9-10-28(39)35-30(27)41/h3-8,15,27H,9-14,16-19H2,1-2H3,(H,35,39,41). The summed E-state index contributed by atoms with van der Waals surface area (Å²) in [6.07, 6.45) is 3.27. The van der Waals surface area contributed by atoms with Gasteiger partial charge in [0.15, 0.2) is 0 Å². The maximum atomic E-state index is 13.3. The van der Waals surface area contributed by atoms with Crippen molar-refractivity contribution in [2.24, 2.45) is 5.41 Å². The van der Waals surface area contributed by atoms with Crippen LogP contribution in [-0.2, 0) is 20.9 Å². The zero-order valence-corrected chi connectivity index (χ0v) is 25.2. The highest BCUT2D eigenvalue weighted by Crippen LogP contribution is 2.43. The third-order valence-electron chi connectivity index (χ3n) is 9.07. The smallest absolute Gasteiger partial charge is 0.262 e. The van der Waals surface area contributed by atoms with Crippen LogP contribution in [0.2, 0.25) is 5.02 Å². The Kier molecular flexibility index (Phi) is 7.73. The second-order valence-corrected chi connectivity index (χ2v) is 13.2. The van der Waals surface area contributed by atoms with Gasteiger partial charge in [-0.3, -0.25) is 39.1 Å². The van der Waals surface area contributed by atoms with E-state index < -0.39 is 29.7 Å². The molecule has 2 aromatic rings. The van der Waals surface area contributed by atoms with Crippen LogP contribution in [0.3, 0.4) is 0 Å². The lowest BCUT2D eigenvalue weighted by molar-refractivity contribution is -0.137. The van der Waals surface area contributed by atoms with Crippen LogP contribution in [0.1, 0.15) is 77.8 Å². The predicted octanol–water partition coefficient (Wildman–Crippen LogP) is 4.05. The van der Waals surface area contributed by atoms with Crippen molar-refractivity contribution in [2.75, 3.05) is 26.2 Å². The zero-order valence-electron chi connectivity index (χ0n) is 24.5. The molecule has 2 fully saturated rings. The number of piperidine rings is 1. The fourth-order valence-corrected chi connectivity index (χ4v) is 6.76. The quantitative estimate of drug-likeness (QED) is 0.500. The summed E-state index contributed by atoms with van der Waals surface area (Å²) in [5.41, 5.74) is 5.34. The molecule has 43 heavy (non-hydrogen) atoms. The third-order valence-corrected chi connectivity index (χ3v) is 9.32. The molecule has 1 atom stereocenters. The number of hydrogen-bond donors (Lipinski definition) is 1. The van der Waals surface area contributed by atoms with Gasteiger partial charge in [-0.1, -0.05) is 49.2 Å². The molecule has 3 heterocycles. The van der Waals surface area contributed by atoms with Crippen LogP contribution in [0.25, 0.3) is 5.57 Å². The minimum absolute atomic E-state index is 0.0177. The first-order valence-electron chi connectivity index (χ1n) is 14.8. The normalized spacial score (nSPS) is 22.8. The highest BCUT2D eigenvalue weighted by molar-refractivity contribution is 6.30. The lowest BCUT2D eigenvalue weighted by Gasteiger charge is -2.38. The largest absolute Gasteiger partial charge is 0.336 e. The minimum Gasteiger partial charge on any atom is -0.336 e. The maximum absolute atomic E-state index is 13.3. The molecule has 1 N–H and O–H groups in total. The van der Waals surface area contributed by atoms with Crippen LogP contribution >= 0.6 is 11.6 Å². The highest BCUT2D eigenvalue weighted by atomic mass is 35.5. The molecule has 6 rings (SSSR count). The van der Waals surface area contributed by atoms with E-state index in [4.69, 9.17) is 11.6 Å². The van der Waals surface area contributed by atoms with E-state index in [-0.39, 0.29) is 35.3 Å². The molecule has 2 saturated heterocycles. The molecule has 0 bridgehead atoms. The maximum Gasteiger partial charge on any atom is 0.262 e. The van der Waals surface area contributed by atoms with Gasteiger partial charge in [0.25, 0.3) is 11.8 Å². The molecule has 9 nitrogen and oxygen atoms in total. The Morgan fingerprint density at radius 3 is 2.37 bits per heavy atom. The molecule has 5 amide bonds. The Morgan fingerprint density at radius 1 is 0.907 bits per heavy atom. The van der Waals surface area contributed by atoms with E-state index in [9.17, 15) is 24.0 Å². The summed E-state index contributed by atoms with van der Waals surface area (Å²) >= 11 is 6.15. The monoisotopic (exact) mass is 602 g/mol. The second kappa shape index (κ2) is 11.4. The number of piperazine rings is 1. The minimum atomic E-state index is -1.01. The lowest BCUT2D eigenvalue weighted by atomic mass is 9.72. The zero-order chi connectivity index (χ0) is 30.5. The van der Waals surface area contributed by atoms with E-state index in [0.717, 1.165) is 42.8 Å². The van der Waals surface area contributed by atoms with Crippen LogP contribution < -0.4 is 5.32 Å². The number of amides is 5. The summed E-state index contributed by atoms with van der Waals surface area (Å²) < 4.78 is 0. The first-order valence-corrected chi connectivity index (χ1v) is 15.2. The Labute approximate surface area is 255 Å². The molecule has 1 aliphatic carbocycles. The van der Waals surface area contributed by atoms with E-state index in [0.29, 0.717) is 24.7 Å². The summed E-state index contributed by atoms with van der Waals surface area (Å²) in [5, 5.41) is 2.93. The molecular formula is C33H35ClN4O5. The Balaban J connectivity index is 1.12. The average Bonchev–Trinajstić information content (AvgIpc) is 3.20. The van der Waals surface area contributed by atoms with Gasteiger partial charge in [-0.2, -0.15) is 0 Å². The topological polar surface area (TPSA) is 107 Å².